The van der Waals surface area contributed by atoms with E-state index in [4.69, 9.17) is 4.43 Å². The van der Waals surface area contributed by atoms with E-state index < -0.39 is 22.6 Å². The molecule has 2 nitrogen and oxygen atoms in total. The molecule has 0 spiro atoms. The van der Waals surface area contributed by atoms with Gasteiger partial charge in [0.1, 0.15) is 0 Å². The Bertz CT molecular complexity index is 159. The van der Waals surface area contributed by atoms with E-state index in [-0.39, 0.29) is 0 Å². The first-order chi connectivity index (χ1) is 5.07. The summed E-state index contributed by atoms with van der Waals surface area (Å²) in [6.45, 7) is 10.2. The molecule has 0 heterocycles. The van der Waals surface area contributed by atoms with Crippen LogP contribution in [0.5, 0.6) is 0 Å². The fourth-order valence-electron chi connectivity index (χ4n) is 0.614. The normalized spacial score (nSPS) is 14.3. The first-order valence-electron chi connectivity index (χ1n) is 3.61. The molecule has 0 N–H and O–H groups in total. The van der Waals surface area contributed by atoms with Crippen LogP contribution in [-0.4, -0.2) is 15.6 Å². The van der Waals surface area contributed by atoms with Crippen molar-refractivity contribution in [3.63, 3.8) is 0 Å². The predicted octanol–water partition coefficient (Wildman–Crippen LogP) is 1.83. The summed E-state index contributed by atoms with van der Waals surface area (Å²) < 4.78 is 17.4. The van der Waals surface area contributed by atoms with Gasteiger partial charge in [0.05, 0.1) is 0 Å². The number of rotatable bonds is 5. The summed E-state index contributed by atoms with van der Waals surface area (Å²) in [6.07, 6.45) is 0. The number of allylic oxidation sites excluding steroid dienone is 1. The van der Waals surface area contributed by atoms with Crippen LogP contribution in [0.15, 0.2) is 11.1 Å². The van der Waals surface area contributed by atoms with Crippen molar-refractivity contribution in [1.29, 1.82) is 0 Å². The number of hydrogen-bond donors (Lipinski definition) is 0. The van der Waals surface area contributed by atoms with E-state index in [2.05, 4.69) is 13.1 Å². The molecular weight excluding hydrogens is 203 g/mol. The monoisotopic (exact) mass is 219 g/mol. The fourth-order valence-corrected chi connectivity index (χ4v) is 4.93. The Hall–Kier alpha value is 0.223. The molecule has 0 rings (SSSR count). The second-order valence-corrected chi connectivity index (χ2v) is 7.59. The average molecular weight is 219 g/mol. The molecule has 69 valence electrons. The van der Waals surface area contributed by atoms with E-state index in [1.165, 1.54) is 0 Å². The first-order valence-corrected chi connectivity index (χ1v) is 7.73. The van der Waals surface area contributed by atoms with Gasteiger partial charge in [-0.25, -0.2) is 0 Å². The topological polar surface area (TPSA) is 26.3 Å². The molecule has 1 unspecified atom stereocenters. The van der Waals surface area contributed by atoms with Gasteiger partial charge in [0.15, 0.2) is 0 Å². The van der Waals surface area contributed by atoms with Crippen LogP contribution in [0.2, 0.25) is 11.5 Å². The molecule has 0 aliphatic carbocycles. The van der Waals surface area contributed by atoms with Crippen molar-refractivity contribution in [2.75, 3.05) is 6.61 Å². The molecule has 0 bridgehead atoms. The third-order valence-corrected chi connectivity index (χ3v) is 6.56. The van der Waals surface area contributed by atoms with E-state index in [9.17, 15) is 3.87 Å². The van der Waals surface area contributed by atoms with E-state index in [0.717, 1.165) is 16.1 Å². The zero-order valence-corrected chi connectivity index (χ0v) is 9.54. The van der Waals surface area contributed by atoms with Crippen molar-refractivity contribution >= 4 is 9.04 Å². The second kappa shape index (κ2) is 5.82. The zero-order chi connectivity index (χ0) is 8.85. The Labute approximate surface area is 74.3 Å². The molecule has 0 amide bonds. The molecular formula is C7H16CoO2Si. The third-order valence-electron chi connectivity index (χ3n) is 1.08. The van der Waals surface area contributed by atoms with Gasteiger partial charge < -0.3 is 0 Å². The van der Waals surface area contributed by atoms with Crippen LogP contribution in [-0.2, 0) is 21.9 Å². The Balaban J connectivity index is 3.66. The van der Waals surface area contributed by atoms with E-state index in [0.29, 0.717) is 0 Å². The predicted molar refractivity (Wildman–Crippen MR) is 44.9 cm³/mol. The summed E-state index contributed by atoms with van der Waals surface area (Å²) in [5.41, 5.74) is 0. The third kappa shape index (κ3) is 5.49. The molecule has 0 aliphatic rings. The average Bonchev–Trinajstić information content (AvgIpc) is 1.87. The molecule has 1 atom stereocenters. The molecule has 0 aliphatic heterocycles. The van der Waals surface area contributed by atoms with Crippen LogP contribution in [0, 0.1) is 0 Å². The van der Waals surface area contributed by atoms with Gasteiger partial charge in [-0.2, -0.15) is 0 Å². The summed E-state index contributed by atoms with van der Waals surface area (Å²) in [5, 5.41) is 0. The summed E-state index contributed by atoms with van der Waals surface area (Å²) in [6, 6.07) is 0. The molecule has 0 aromatic rings. The van der Waals surface area contributed by atoms with Gasteiger partial charge >= 0.3 is 74.0 Å². The van der Waals surface area contributed by atoms with E-state index in [1.54, 1.807) is 0 Å². The van der Waals surface area contributed by atoms with Gasteiger partial charge in [-0.15, -0.1) is 0 Å². The van der Waals surface area contributed by atoms with Gasteiger partial charge in [0.25, 0.3) is 0 Å². The van der Waals surface area contributed by atoms with Crippen LogP contribution >= 0.6 is 0 Å². The van der Waals surface area contributed by atoms with Gasteiger partial charge in [0, 0.05) is 0 Å². The standard InChI is InChI=1S/C4H11OSi.C3H5.Co.O/c1-4-5-6(2)3;1-3-2;;/h6H,2,4H2,1,3H3;1H2,2H3;;. The van der Waals surface area contributed by atoms with Crippen LogP contribution in [0.3, 0.4) is 0 Å². The first kappa shape index (κ1) is 11.2. The summed E-state index contributed by atoms with van der Waals surface area (Å²) in [7, 11) is -1.16. The van der Waals surface area contributed by atoms with Crippen molar-refractivity contribution in [3.05, 3.63) is 11.1 Å². The molecule has 0 radical (unpaired) electrons. The van der Waals surface area contributed by atoms with Crippen molar-refractivity contribution < 1.29 is 21.9 Å². The van der Waals surface area contributed by atoms with Crippen molar-refractivity contribution in [1.82, 2.24) is 0 Å². The molecule has 0 aromatic heterocycles. The van der Waals surface area contributed by atoms with Crippen LogP contribution in [0.1, 0.15) is 13.8 Å². The van der Waals surface area contributed by atoms with Crippen LogP contribution in [0.25, 0.3) is 0 Å². The van der Waals surface area contributed by atoms with Crippen molar-refractivity contribution in [2.45, 2.75) is 25.4 Å². The minimum absolute atomic E-state index is 0.732. The Morgan fingerprint density at radius 2 is 2.27 bits per heavy atom. The minimum atomic E-state index is -1.18. The summed E-state index contributed by atoms with van der Waals surface area (Å²) >= 11 is -1.18. The maximum absolute atomic E-state index is 11.2. The van der Waals surface area contributed by atoms with Crippen LogP contribution in [0.4, 0.5) is 0 Å². The van der Waals surface area contributed by atoms with Crippen molar-refractivity contribution in [3.8, 4) is 0 Å². The molecule has 0 saturated carbocycles. The quantitative estimate of drug-likeness (QED) is 0.659. The van der Waals surface area contributed by atoms with Crippen LogP contribution < -0.4 is 0 Å². The molecule has 4 heteroatoms. The SMILES string of the molecule is C=[C](C)[Co](=[O])[CH2][SiH](C)OCC. The Morgan fingerprint density at radius 1 is 1.73 bits per heavy atom. The molecule has 0 saturated heterocycles. The molecule has 0 aromatic carbocycles. The Morgan fingerprint density at radius 3 is 2.64 bits per heavy atom. The maximum atomic E-state index is 11.2. The number of hydrogen-bond acceptors (Lipinski definition) is 2. The van der Waals surface area contributed by atoms with Gasteiger partial charge in [-0.05, 0) is 0 Å². The fraction of sp³-hybridized carbons (Fsp3) is 0.714. The Kier molecular flexibility index (Phi) is 5.94. The zero-order valence-electron chi connectivity index (χ0n) is 7.35. The second-order valence-electron chi connectivity index (χ2n) is 2.32. The molecule has 11 heavy (non-hydrogen) atoms. The van der Waals surface area contributed by atoms with E-state index >= 15 is 0 Å². The van der Waals surface area contributed by atoms with Gasteiger partial charge in [-0.1, -0.05) is 0 Å². The van der Waals surface area contributed by atoms with Gasteiger partial charge in [-0.3, -0.25) is 0 Å². The van der Waals surface area contributed by atoms with E-state index in [1.807, 2.05) is 13.8 Å². The van der Waals surface area contributed by atoms with Gasteiger partial charge in [0.2, 0.25) is 0 Å². The summed E-state index contributed by atoms with van der Waals surface area (Å²) in [5.74, 6) is 0. The molecule has 0 fully saturated rings. The summed E-state index contributed by atoms with van der Waals surface area (Å²) in [4.78, 5) is 0.732. The van der Waals surface area contributed by atoms with Crippen molar-refractivity contribution in [2.24, 2.45) is 0 Å².